The van der Waals surface area contributed by atoms with Crippen LogP contribution in [0.2, 0.25) is 5.02 Å². The van der Waals surface area contributed by atoms with Crippen LogP contribution in [0.15, 0.2) is 29.2 Å². The Bertz CT molecular complexity index is 543. The highest BCUT2D eigenvalue weighted by Crippen LogP contribution is 2.13. The van der Waals surface area contributed by atoms with E-state index in [-0.39, 0.29) is 29.8 Å². The number of rotatable bonds is 7. The fourth-order valence-corrected chi connectivity index (χ4v) is 2.60. The molecule has 7 heteroatoms. The lowest BCUT2D eigenvalue weighted by molar-refractivity contribution is -0.121. The maximum atomic E-state index is 11.9. The van der Waals surface area contributed by atoms with Crippen molar-refractivity contribution >= 4 is 27.5 Å². The first-order chi connectivity index (χ1) is 9.35. The van der Waals surface area contributed by atoms with Crippen LogP contribution < -0.4 is 10.0 Å². The molecule has 0 radical (unpaired) electrons. The molecule has 2 N–H and O–H groups in total. The van der Waals surface area contributed by atoms with Crippen molar-refractivity contribution in [1.29, 1.82) is 0 Å². The predicted octanol–water partition coefficient (Wildman–Crippen LogP) is 1.92. The third-order valence-electron chi connectivity index (χ3n) is 2.79. The summed E-state index contributed by atoms with van der Waals surface area (Å²) in [5.41, 5.74) is 0. The van der Waals surface area contributed by atoms with E-state index in [4.69, 9.17) is 11.6 Å². The molecule has 20 heavy (non-hydrogen) atoms. The monoisotopic (exact) mass is 318 g/mol. The Labute approximate surface area is 124 Å². The SMILES string of the molecule is CC[C@@H](C)NC(=O)CCNS(=O)(=O)c1ccc(Cl)cc1. The standard InChI is InChI=1S/C13H19ClN2O3S/c1-3-10(2)16-13(17)8-9-15-20(18,19)12-6-4-11(14)5-7-12/h4-7,10,15H,3,8-9H2,1-2H3,(H,16,17)/t10-/m1/s1. The molecule has 0 saturated heterocycles. The summed E-state index contributed by atoms with van der Waals surface area (Å²) in [4.78, 5) is 11.6. The molecular formula is C13H19ClN2O3S. The van der Waals surface area contributed by atoms with Crippen LogP contribution in [0.1, 0.15) is 26.7 Å². The Morgan fingerprint density at radius 2 is 1.90 bits per heavy atom. The molecule has 0 aliphatic heterocycles. The second-order valence-corrected chi connectivity index (χ2v) is 6.68. The molecule has 1 amide bonds. The summed E-state index contributed by atoms with van der Waals surface area (Å²) in [5.74, 6) is -0.168. The lowest BCUT2D eigenvalue weighted by atomic mass is 10.2. The molecule has 0 aliphatic carbocycles. The average molecular weight is 319 g/mol. The van der Waals surface area contributed by atoms with E-state index in [2.05, 4.69) is 10.0 Å². The molecule has 1 aromatic carbocycles. The van der Waals surface area contributed by atoms with Crippen molar-refractivity contribution in [2.24, 2.45) is 0 Å². The summed E-state index contributed by atoms with van der Waals surface area (Å²) in [7, 11) is -3.60. The van der Waals surface area contributed by atoms with Crippen LogP contribution in [0, 0.1) is 0 Å². The van der Waals surface area contributed by atoms with Crippen molar-refractivity contribution in [1.82, 2.24) is 10.0 Å². The second kappa shape index (κ2) is 7.61. The van der Waals surface area contributed by atoms with E-state index in [1.165, 1.54) is 24.3 Å². The van der Waals surface area contributed by atoms with Gasteiger partial charge in [0.1, 0.15) is 0 Å². The van der Waals surface area contributed by atoms with Crippen LogP contribution in [0.5, 0.6) is 0 Å². The molecule has 1 aromatic rings. The zero-order chi connectivity index (χ0) is 15.2. The van der Waals surface area contributed by atoms with Crippen LogP contribution in [-0.2, 0) is 14.8 Å². The minimum Gasteiger partial charge on any atom is -0.354 e. The van der Waals surface area contributed by atoms with Gasteiger partial charge in [0.25, 0.3) is 0 Å². The molecule has 1 atom stereocenters. The molecule has 5 nitrogen and oxygen atoms in total. The van der Waals surface area contributed by atoms with Crippen LogP contribution in [0.25, 0.3) is 0 Å². The van der Waals surface area contributed by atoms with Crippen molar-refractivity contribution in [3.05, 3.63) is 29.3 Å². The fraction of sp³-hybridized carbons (Fsp3) is 0.462. The van der Waals surface area contributed by atoms with Gasteiger partial charge in [-0.15, -0.1) is 0 Å². The topological polar surface area (TPSA) is 75.3 Å². The molecule has 1 rings (SSSR count). The highest BCUT2D eigenvalue weighted by molar-refractivity contribution is 7.89. The van der Waals surface area contributed by atoms with E-state index in [1.807, 2.05) is 13.8 Å². The van der Waals surface area contributed by atoms with Gasteiger partial charge in [-0.3, -0.25) is 4.79 Å². The summed E-state index contributed by atoms with van der Waals surface area (Å²) < 4.78 is 26.2. The summed E-state index contributed by atoms with van der Waals surface area (Å²) >= 11 is 5.70. The van der Waals surface area contributed by atoms with E-state index in [1.54, 1.807) is 0 Å². The van der Waals surface area contributed by atoms with Crippen molar-refractivity contribution in [2.75, 3.05) is 6.54 Å². The first kappa shape index (κ1) is 16.9. The Morgan fingerprint density at radius 1 is 1.30 bits per heavy atom. The average Bonchev–Trinajstić information content (AvgIpc) is 2.38. The molecule has 0 bridgehead atoms. The molecule has 112 valence electrons. The van der Waals surface area contributed by atoms with Crippen LogP contribution in [0.4, 0.5) is 0 Å². The summed E-state index contributed by atoms with van der Waals surface area (Å²) in [6.07, 6.45) is 0.944. The first-order valence-electron chi connectivity index (χ1n) is 6.39. The van der Waals surface area contributed by atoms with E-state index >= 15 is 0 Å². The van der Waals surface area contributed by atoms with Gasteiger partial charge in [0.05, 0.1) is 4.90 Å². The predicted molar refractivity (Wildman–Crippen MR) is 79.2 cm³/mol. The Kier molecular flexibility index (Phi) is 6.45. The van der Waals surface area contributed by atoms with Crippen molar-refractivity contribution in [2.45, 2.75) is 37.6 Å². The quantitative estimate of drug-likeness (QED) is 0.806. The minimum absolute atomic E-state index is 0.0627. The third kappa shape index (κ3) is 5.48. The molecule has 0 saturated carbocycles. The first-order valence-corrected chi connectivity index (χ1v) is 8.26. The van der Waals surface area contributed by atoms with E-state index in [0.717, 1.165) is 6.42 Å². The zero-order valence-corrected chi connectivity index (χ0v) is 13.1. The number of hydrogen-bond acceptors (Lipinski definition) is 3. The highest BCUT2D eigenvalue weighted by Gasteiger charge is 2.14. The van der Waals surface area contributed by atoms with Gasteiger partial charge in [-0.1, -0.05) is 18.5 Å². The van der Waals surface area contributed by atoms with Crippen LogP contribution in [0.3, 0.4) is 0 Å². The molecule has 0 unspecified atom stereocenters. The molecule has 0 heterocycles. The third-order valence-corrected chi connectivity index (χ3v) is 4.52. The normalized spacial score (nSPS) is 12.9. The number of nitrogens with one attached hydrogen (secondary N) is 2. The second-order valence-electron chi connectivity index (χ2n) is 4.48. The molecule has 0 aromatic heterocycles. The van der Waals surface area contributed by atoms with E-state index < -0.39 is 10.0 Å². The number of amides is 1. The zero-order valence-electron chi connectivity index (χ0n) is 11.5. The maximum absolute atomic E-state index is 11.9. The fourth-order valence-electron chi connectivity index (χ4n) is 1.45. The number of carbonyl (C=O) groups excluding carboxylic acids is 1. The minimum atomic E-state index is -3.60. The van der Waals surface area contributed by atoms with E-state index in [9.17, 15) is 13.2 Å². The Hall–Kier alpha value is -1.11. The van der Waals surface area contributed by atoms with Gasteiger partial charge in [0.2, 0.25) is 15.9 Å². The molecule has 0 spiro atoms. The van der Waals surface area contributed by atoms with Crippen molar-refractivity contribution in [3.8, 4) is 0 Å². The molecule has 0 aliphatic rings. The van der Waals surface area contributed by atoms with Gasteiger partial charge in [-0.25, -0.2) is 13.1 Å². The lowest BCUT2D eigenvalue weighted by Crippen LogP contribution is -2.35. The number of halogens is 1. The number of benzene rings is 1. The highest BCUT2D eigenvalue weighted by atomic mass is 35.5. The van der Waals surface area contributed by atoms with Gasteiger partial charge in [0.15, 0.2) is 0 Å². The summed E-state index contributed by atoms with van der Waals surface area (Å²) in [5, 5.41) is 3.24. The van der Waals surface area contributed by atoms with Crippen molar-refractivity contribution in [3.63, 3.8) is 0 Å². The summed E-state index contributed by atoms with van der Waals surface area (Å²) in [6.45, 7) is 3.93. The van der Waals surface area contributed by atoms with Gasteiger partial charge in [0, 0.05) is 24.0 Å². The lowest BCUT2D eigenvalue weighted by Gasteiger charge is -2.11. The molecule has 0 fully saturated rings. The van der Waals surface area contributed by atoms with Gasteiger partial charge < -0.3 is 5.32 Å². The number of sulfonamides is 1. The van der Waals surface area contributed by atoms with Crippen LogP contribution >= 0.6 is 11.6 Å². The number of hydrogen-bond donors (Lipinski definition) is 2. The van der Waals surface area contributed by atoms with Crippen LogP contribution in [-0.4, -0.2) is 26.9 Å². The Balaban J connectivity index is 2.48. The van der Waals surface area contributed by atoms with E-state index in [0.29, 0.717) is 5.02 Å². The summed E-state index contributed by atoms with van der Waals surface area (Å²) in [6, 6.07) is 5.95. The number of carbonyl (C=O) groups is 1. The van der Waals surface area contributed by atoms with Crippen molar-refractivity contribution < 1.29 is 13.2 Å². The van der Waals surface area contributed by atoms with Gasteiger partial charge in [-0.05, 0) is 37.6 Å². The maximum Gasteiger partial charge on any atom is 0.240 e. The van der Waals surface area contributed by atoms with Gasteiger partial charge in [-0.2, -0.15) is 0 Å². The Morgan fingerprint density at radius 3 is 2.45 bits per heavy atom. The smallest absolute Gasteiger partial charge is 0.240 e. The largest absolute Gasteiger partial charge is 0.354 e. The van der Waals surface area contributed by atoms with Gasteiger partial charge >= 0.3 is 0 Å². The molecular weight excluding hydrogens is 300 g/mol.